The molecule has 0 radical (unpaired) electrons. The Balaban J connectivity index is 1.54. The zero-order valence-corrected chi connectivity index (χ0v) is 15.8. The van der Waals surface area contributed by atoms with E-state index in [0.29, 0.717) is 23.7 Å². The molecule has 1 atom stereocenters. The first-order valence-corrected chi connectivity index (χ1v) is 9.74. The normalized spacial score (nSPS) is 16.9. The fraction of sp³-hybridized carbons (Fsp3) is 0.474. The van der Waals surface area contributed by atoms with Crippen molar-refractivity contribution in [1.82, 2.24) is 10.3 Å². The van der Waals surface area contributed by atoms with Gasteiger partial charge in [-0.25, -0.2) is 13.8 Å². The van der Waals surface area contributed by atoms with Gasteiger partial charge in [0.2, 0.25) is 0 Å². The van der Waals surface area contributed by atoms with Crippen LogP contribution in [0.5, 0.6) is 0 Å². The number of carbonyl (C=O) groups excluding carboxylic acids is 1. The number of hydrogen-bond acceptors (Lipinski definition) is 4. The molecular weight excluding hydrogens is 356 g/mol. The molecule has 26 heavy (non-hydrogen) atoms. The van der Waals surface area contributed by atoms with Gasteiger partial charge in [0.05, 0.1) is 10.7 Å². The van der Waals surface area contributed by atoms with Crippen molar-refractivity contribution in [2.45, 2.75) is 33.1 Å². The van der Waals surface area contributed by atoms with Crippen LogP contribution in [0.25, 0.3) is 0 Å². The van der Waals surface area contributed by atoms with Crippen molar-refractivity contribution in [2.75, 3.05) is 24.5 Å². The van der Waals surface area contributed by atoms with Crippen LogP contribution in [0.4, 0.5) is 14.5 Å². The zero-order chi connectivity index (χ0) is 18.7. The Hall–Kier alpha value is -2.02. The van der Waals surface area contributed by atoms with Gasteiger partial charge in [0, 0.05) is 31.4 Å². The molecule has 1 saturated heterocycles. The molecular formula is C19H23F2N3OS. The zero-order valence-electron chi connectivity index (χ0n) is 15.0. The molecule has 3 rings (SSSR count). The molecule has 1 aliphatic rings. The number of thiazole rings is 1. The monoisotopic (exact) mass is 379 g/mol. The Morgan fingerprint density at radius 1 is 1.38 bits per heavy atom. The van der Waals surface area contributed by atoms with Crippen LogP contribution < -0.4 is 10.2 Å². The molecule has 1 amide bonds. The summed E-state index contributed by atoms with van der Waals surface area (Å²) < 4.78 is 26.5. The molecule has 1 aliphatic heterocycles. The molecule has 0 aliphatic carbocycles. The molecule has 1 aromatic heterocycles. The molecule has 7 heteroatoms. The SMILES string of the molecule is CCCc1nc(C)c(C(=O)NCC2CCN(c3ccc(F)c(F)c3)C2)s1. The Kier molecular flexibility index (Phi) is 5.86. The van der Waals surface area contributed by atoms with Crippen LogP contribution in [-0.2, 0) is 6.42 Å². The molecule has 1 aromatic carbocycles. The Bertz CT molecular complexity index is 793. The topological polar surface area (TPSA) is 45.2 Å². The van der Waals surface area contributed by atoms with Crippen LogP contribution in [0.15, 0.2) is 18.2 Å². The summed E-state index contributed by atoms with van der Waals surface area (Å²) in [4.78, 5) is 19.6. The van der Waals surface area contributed by atoms with Crippen LogP contribution in [0.1, 0.15) is 40.1 Å². The van der Waals surface area contributed by atoms with Crippen molar-refractivity contribution < 1.29 is 13.6 Å². The minimum Gasteiger partial charge on any atom is -0.371 e. The smallest absolute Gasteiger partial charge is 0.263 e. The van der Waals surface area contributed by atoms with Gasteiger partial charge in [-0.1, -0.05) is 6.92 Å². The van der Waals surface area contributed by atoms with Crippen molar-refractivity contribution in [2.24, 2.45) is 5.92 Å². The van der Waals surface area contributed by atoms with Crippen molar-refractivity contribution in [3.05, 3.63) is 45.4 Å². The first kappa shape index (κ1) is 18.8. The number of nitrogens with one attached hydrogen (secondary N) is 1. The second-order valence-corrected chi connectivity index (χ2v) is 7.76. The van der Waals surface area contributed by atoms with E-state index >= 15 is 0 Å². The average molecular weight is 379 g/mol. The number of amides is 1. The van der Waals surface area contributed by atoms with Crippen molar-refractivity contribution in [1.29, 1.82) is 0 Å². The van der Waals surface area contributed by atoms with E-state index in [9.17, 15) is 13.6 Å². The molecule has 140 valence electrons. The number of nitrogens with zero attached hydrogens (tertiary/aromatic N) is 2. The lowest BCUT2D eigenvalue weighted by Gasteiger charge is -2.19. The van der Waals surface area contributed by atoms with Crippen LogP contribution in [0, 0.1) is 24.5 Å². The van der Waals surface area contributed by atoms with Crippen LogP contribution >= 0.6 is 11.3 Å². The highest BCUT2D eigenvalue weighted by molar-refractivity contribution is 7.13. The first-order valence-electron chi connectivity index (χ1n) is 8.92. The van der Waals surface area contributed by atoms with Gasteiger partial charge in [-0.2, -0.15) is 0 Å². The lowest BCUT2D eigenvalue weighted by Crippen LogP contribution is -2.31. The van der Waals surface area contributed by atoms with E-state index in [2.05, 4.69) is 17.2 Å². The van der Waals surface area contributed by atoms with E-state index in [-0.39, 0.29) is 11.8 Å². The van der Waals surface area contributed by atoms with Crippen LogP contribution in [-0.4, -0.2) is 30.5 Å². The molecule has 1 unspecified atom stereocenters. The number of aromatic nitrogens is 1. The van der Waals surface area contributed by atoms with Crippen LogP contribution in [0.2, 0.25) is 0 Å². The maximum atomic E-state index is 13.4. The van der Waals surface area contributed by atoms with Crippen molar-refractivity contribution in [3.8, 4) is 0 Å². The third-order valence-electron chi connectivity index (χ3n) is 4.62. The van der Waals surface area contributed by atoms with Gasteiger partial charge in [-0.3, -0.25) is 4.79 Å². The Labute approximate surface area is 156 Å². The lowest BCUT2D eigenvalue weighted by atomic mass is 10.1. The van der Waals surface area contributed by atoms with E-state index in [0.717, 1.165) is 42.6 Å². The summed E-state index contributed by atoms with van der Waals surface area (Å²) in [6, 6.07) is 3.97. The maximum Gasteiger partial charge on any atom is 0.263 e. The van der Waals surface area contributed by atoms with Crippen molar-refractivity contribution in [3.63, 3.8) is 0 Å². The molecule has 0 bridgehead atoms. The number of carbonyl (C=O) groups is 1. The maximum absolute atomic E-state index is 13.4. The molecule has 1 N–H and O–H groups in total. The summed E-state index contributed by atoms with van der Waals surface area (Å²) in [5, 5.41) is 4.00. The van der Waals surface area contributed by atoms with Gasteiger partial charge >= 0.3 is 0 Å². The number of halogens is 2. The second-order valence-electron chi connectivity index (χ2n) is 6.68. The summed E-state index contributed by atoms with van der Waals surface area (Å²) >= 11 is 1.46. The molecule has 2 aromatic rings. The first-order chi connectivity index (χ1) is 12.5. The van der Waals surface area contributed by atoms with Crippen LogP contribution in [0.3, 0.4) is 0 Å². The van der Waals surface area contributed by atoms with Crippen molar-refractivity contribution >= 4 is 22.9 Å². The summed E-state index contributed by atoms with van der Waals surface area (Å²) in [7, 11) is 0. The predicted molar refractivity (Wildman–Crippen MR) is 99.9 cm³/mol. The standard InChI is InChI=1S/C19H23F2N3OS/c1-3-4-17-23-12(2)18(26-17)19(25)22-10-13-7-8-24(11-13)14-5-6-15(20)16(21)9-14/h5-6,9,13H,3-4,7-8,10-11H2,1-2H3,(H,22,25). The highest BCUT2D eigenvalue weighted by atomic mass is 32.1. The summed E-state index contributed by atoms with van der Waals surface area (Å²) in [5.41, 5.74) is 1.46. The Morgan fingerprint density at radius 3 is 2.92 bits per heavy atom. The van der Waals surface area contributed by atoms with Gasteiger partial charge < -0.3 is 10.2 Å². The third-order valence-corrected chi connectivity index (χ3v) is 5.83. The second kappa shape index (κ2) is 8.12. The molecule has 2 heterocycles. The van der Waals surface area contributed by atoms with Gasteiger partial charge in [-0.15, -0.1) is 11.3 Å². The van der Waals surface area contributed by atoms with Gasteiger partial charge in [-0.05, 0) is 44.2 Å². The summed E-state index contributed by atoms with van der Waals surface area (Å²) in [6.45, 7) is 6.01. The minimum atomic E-state index is -0.834. The summed E-state index contributed by atoms with van der Waals surface area (Å²) in [5.74, 6) is -1.45. The van der Waals surface area contributed by atoms with Gasteiger partial charge in [0.1, 0.15) is 4.88 Å². The lowest BCUT2D eigenvalue weighted by molar-refractivity contribution is 0.0951. The molecule has 4 nitrogen and oxygen atoms in total. The third kappa shape index (κ3) is 4.20. The number of hydrogen-bond donors (Lipinski definition) is 1. The Morgan fingerprint density at radius 2 is 2.19 bits per heavy atom. The molecule has 0 saturated carbocycles. The number of benzene rings is 1. The van der Waals surface area contributed by atoms with E-state index in [1.165, 1.54) is 17.4 Å². The average Bonchev–Trinajstić information content (AvgIpc) is 3.22. The van der Waals surface area contributed by atoms with E-state index in [4.69, 9.17) is 0 Å². The van der Waals surface area contributed by atoms with E-state index in [1.807, 2.05) is 11.8 Å². The van der Waals surface area contributed by atoms with E-state index < -0.39 is 11.6 Å². The minimum absolute atomic E-state index is 0.0753. The predicted octanol–water partition coefficient (Wildman–Crippen LogP) is 3.94. The highest BCUT2D eigenvalue weighted by Gasteiger charge is 2.24. The number of aryl methyl sites for hydroxylation is 2. The van der Waals surface area contributed by atoms with E-state index in [1.54, 1.807) is 6.07 Å². The fourth-order valence-corrected chi connectivity index (χ4v) is 4.30. The quantitative estimate of drug-likeness (QED) is 0.827. The number of rotatable bonds is 6. The highest BCUT2D eigenvalue weighted by Crippen LogP contribution is 2.25. The molecule has 0 spiro atoms. The van der Waals surface area contributed by atoms with Gasteiger partial charge in [0.25, 0.3) is 5.91 Å². The number of anilines is 1. The fourth-order valence-electron chi connectivity index (χ4n) is 3.22. The summed E-state index contributed by atoms with van der Waals surface area (Å²) in [6.07, 6.45) is 2.81. The molecule has 1 fully saturated rings. The van der Waals surface area contributed by atoms with Gasteiger partial charge in [0.15, 0.2) is 11.6 Å². The largest absolute Gasteiger partial charge is 0.371 e.